The van der Waals surface area contributed by atoms with Crippen molar-refractivity contribution < 1.29 is 13.5 Å². The number of unbranched alkanes of at least 4 members (excludes halogenated alkanes) is 6. The van der Waals surface area contributed by atoms with Gasteiger partial charge in [0.15, 0.2) is 5.05 Å². The van der Waals surface area contributed by atoms with Crippen molar-refractivity contribution in [2.75, 3.05) is 0 Å². The highest BCUT2D eigenvalue weighted by Crippen LogP contribution is 2.38. The molecule has 0 radical (unpaired) electrons. The van der Waals surface area contributed by atoms with Gasteiger partial charge >= 0.3 is 0 Å². The van der Waals surface area contributed by atoms with Crippen LogP contribution in [0.25, 0.3) is 0 Å². The van der Waals surface area contributed by atoms with Crippen LogP contribution in [0.1, 0.15) is 113 Å². The fraction of sp³-hybridized carbons (Fsp3) is 0.552. The summed E-state index contributed by atoms with van der Waals surface area (Å²) in [6.45, 7) is 2.27. The maximum absolute atomic E-state index is 12.7. The highest BCUT2D eigenvalue weighted by molar-refractivity contribution is 7.80. The Kier molecular flexibility index (Phi) is 10.8. The summed E-state index contributed by atoms with van der Waals surface area (Å²) in [5.41, 5.74) is 2.00. The summed E-state index contributed by atoms with van der Waals surface area (Å²) in [5, 5.41) is 0.300. The van der Waals surface area contributed by atoms with Crippen LogP contribution in [0, 0.1) is 5.92 Å². The Hall–Kier alpha value is -1.81. The molecule has 0 saturated heterocycles. The van der Waals surface area contributed by atoms with Crippen LogP contribution in [0.5, 0.6) is 5.75 Å². The topological polar surface area (TPSA) is 9.23 Å². The van der Waals surface area contributed by atoms with Gasteiger partial charge in [0.1, 0.15) is 5.75 Å². The van der Waals surface area contributed by atoms with Crippen LogP contribution in [0.3, 0.4) is 0 Å². The minimum absolute atomic E-state index is 0.0111. The predicted molar refractivity (Wildman–Crippen MR) is 137 cm³/mol. The lowest BCUT2D eigenvalue weighted by atomic mass is 9.77. The minimum atomic E-state index is -2.48. The Morgan fingerprint density at radius 2 is 1.45 bits per heavy atom. The van der Waals surface area contributed by atoms with Crippen molar-refractivity contribution in [1.82, 2.24) is 0 Å². The molecular weight excluding hydrogens is 434 g/mol. The first kappa shape index (κ1) is 25.8. The van der Waals surface area contributed by atoms with Gasteiger partial charge in [0.2, 0.25) is 0 Å². The quantitative estimate of drug-likeness (QED) is 0.224. The zero-order valence-electron chi connectivity index (χ0n) is 19.9. The van der Waals surface area contributed by atoms with Gasteiger partial charge in [0, 0.05) is 11.1 Å². The van der Waals surface area contributed by atoms with Gasteiger partial charge in [-0.1, -0.05) is 82.6 Å². The molecular formula is C29H38F2OS. The number of ether oxygens (including phenoxy) is 1. The van der Waals surface area contributed by atoms with Crippen molar-refractivity contribution in [2.24, 2.45) is 5.92 Å². The number of alkyl halides is 2. The molecule has 1 fully saturated rings. The number of hydrogen-bond acceptors (Lipinski definition) is 2. The van der Waals surface area contributed by atoms with Gasteiger partial charge in [-0.05, 0) is 79.6 Å². The van der Waals surface area contributed by atoms with Gasteiger partial charge in [0.05, 0.1) is 0 Å². The number of hydrogen-bond donors (Lipinski definition) is 0. The maximum atomic E-state index is 12.7. The van der Waals surface area contributed by atoms with Crippen molar-refractivity contribution in [3.8, 4) is 5.75 Å². The van der Waals surface area contributed by atoms with E-state index in [0.29, 0.717) is 22.3 Å². The fourth-order valence-electron chi connectivity index (χ4n) is 4.91. The number of rotatable bonds is 12. The monoisotopic (exact) mass is 472 g/mol. The zero-order chi connectivity index (χ0) is 23.5. The van der Waals surface area contributed by atoms with E-state index in [4.69, 9.17) is 17.0 Å². The third-order valence-electron chi connectivity index (χ3n) is 7.02. The molecule has 0 unspecified atom stereocenters. The van der Waals surface area contributed by atoms with E-state index in [0.717, 1.165) is 5.92 Å². The SMILES string of the molecule is CCCCCCCCCC1CCC(c2ccc(OC(=S)c3ccc(C(F)F)cc3)cc2)CC1. The molecule has 3 rings (SSSR count). The van der Waals surface area contributed by atoms with Crippen molar-refractivity contribution in [1.29, 1.82) is 0 Å². The highest BCUT2D eigenvalue weighted by Gasteiger charge is 2.22. The molecule has 33 heavy (non-hydrogen) atoms. The molecule has 4 heteroatoms. The first-order valence-electron chi connectivity index (χ1n) is 12.8. The molecule has 0 amide bonds. The molecule has 1 aliphatic rings. The molecule has 0 aromatic heterocycles. The van der Waals surface area contributed by atoms with Crippen molar-refractivity contribution in [3.63, 3.8) is 0 Å². The highest BCUT2D eigenvalue weighted by atomic mass is 32.1. The first-order chi connectivity index (χ1) is 16.1. The standard InChI is InChI=1S/C29H38F2OS/c1-2-3-4-5-6-7-8-9-22-10-12-23(13-11-22)24-18-20-27(21-19-24)32-29(33)26-16-14-25(15-17-26)28(30)31/h14-23,28H,2-13H2,1H3. The Labute approximate surface area is 203 Å². The van der Waals surface area contributed by atoms with E-state index in [1.54, 1.807) is 12.1 Å². The lowest BCUT2D eigenvalue weighted by Gasteiger charge is -2.29. The van der Waals surface area contributed by atoms with Crippen LogP contribution in [-0.2, 0) is 0 Å². The average Bonchev–Trinajstić information content (AvgIpc) is 2.84. The van der Waals surface area contributed by atoms with Crippen LogP contribution in [0.2, 0.25) is 0 Å². The average molecular weight is 473 g/mol. The summed E-state index contributed by atoms with van der Waals surface area (Å²) in [7, 11) is 0. The molecule has 0 atom stereocenters. The smallest absolute Gasteiger partial charge is 0.263 e. The number of halogens is 2. The van der Waals surface area contributed by atoms with Gasteiger partial charge in [-0.25, -0.2) is 8.78 Å². The van der Waals surface area contributed by atoms with Gasteiger partial charge in [-0.2, -0.15) is 0 Å². The maximum Gasteiger partial charge on any atom is 0.263 e. The minimum Gasteiger partial charge on any atom is -0.445 e. The molecule has 2 aromatic carbocycles. The fourth-order valence-corrected chi connectivity index (χ4v) is 5.15. The number of benzene rings is 2. The summed E-state index contributed by atoms with van der Waals surface area (Å²) in [6, 6.07) is 14.2. The second-order valence-electron chi connectivity index (χ2n) is 9.51. The summed E-state index contributed by atoms with van der Waals surface area (Å²) in [5.74, 6) is 2.24. The first-order valence-corrected chi connectivity index (χ1v) is 13.2. The molecule has 1 aliphatic carbocycles. The molecule has 0 bridgehead atoms. The van der Waals surface area contributed by atoms with Crippen molar-refractivity contribution in [2.45, 2.75) is 96.3 Å². The normalized spacial score (nSPS) is 18.4. The summed E-state index contributed by atoms with van der Waals surface area (Å²) >= 11 is 5.34. The van der Waals surface area contributed by atoms with E-state index in [2.05, 4.69) is 19.1 Å². The van der Waals surface area contributed by atoms with E-state index >= 15 is 0 Å². The Bertz CT molecular complexity index is 824. The molecule has 2 aromatic rings. The van der Waals surface area contributed by atoms with E-state index in [1.807, 2.05) is 12.1 Å². The second kappa shape index (κ2) is 13.8. The Morgan fingerprint density at radius 3 is 2.06 bits per heavy atom. The Balaban J connectivity index is 1.38. The van der Waals surface area contributed by atoms with Gasteiger partial charge < -0.3 is 4.74 Å². The van der Waals surface area contributed by atoms with E-state index in [9.17, 15) is 8.78 Å². The third kappa shape index (κ3) is 8.48. The van der Waals surface area contributed by atoms with Crippen LogP contribution in [0.15, 0.2) is 48.5 Å². The lowest BCUT2D eigenvalue weighted by Crippen LogP contribution is -2.13. The molecule has 0 N–H and O–H groups in total. The van der Waals surface area contributed by atoms with E-state index < -0.39 is 6.43 Å². The molecule has 1 nitrogen and oxygen atoms in total. The van der Waals surface area contributed by atoms with Crippen molar-refractivity contribution >= 4 is 17.3 Å². The third-order valence-corrected chi connectivity index (χ3v) is 7.34. The summed E-state index contributed by atoms with van der Waals surface area (Å²) in [4.78, 5) is 0. The van der Waals surface area contributed by atoms with E-state index in [1.165, 1.54) is 94.7 Å². The molecule has 0 spiro atoms. The predicted octanol–water partition coefficient (Wildman–Crippen LogP) is 9.79. The van der Waals surface area contributed by atoms with Crippen LogP contribution in [-0.4, -0.2) is 5.05 Å². The summed E-state index contributed by atoms with van der Waals surface area (Å²) < 4.78 is 31.2. The molecule has 180 valence electrons. The molecule has 0 aliphatic heterocycles. The van der Waals surface area contributed by atoms with Crippen LogP contribution in [0.4, 0.5) is 8.78 Å². The zero-order valence-corrected chi connectivity index (χ0v) is 20.7. The van der Waals surface area contributed by atoms with E-state index in [-0.39, 0.29) is 5.56 Å². The number of thiocarbonyl (C=S) groups is 1. The Morgan fingerprint density at radius 1 is 0.848 bits per heavy atom. The second-order valence-corrected chi connectivity index (χ2v) is 9.88. The largest absolute Gasteiger partial charge is 0.445 e. The molecule has 1 saturated carbocycles. The van der Waals surface area contributed by atoms with Gasteiger partial charge in [-0.15, -0.1) is 0 Å². The lowest BCUT2D eigenvalue weighted by molar-refractivity contribution is 0.151. The van der Waals surface area contributed by atoms with Gasteiger partial charge in [0.25, 0.3) is 6.43 Å². The van der Waals surface area contributed by atoms with Gasteiger partial charge in [-0.3, -0.25) is 0 Å². The van der Waals surface area contributed by atoms with Crippen molar-refractivity contribution in [3.05, 3.63) is 65.2 Å². The van der Waals surface area contributed by atoms with Crippen LogP contribution >= 0.6 is 12.2 Å². The summed E-state index contributed by atoms with van der Waals surface area (Å²) in [6.07, 6.45) is 13.9. The van der Waals surface area contributed by atoms with Crippen LogP contribution < -0.4 is 4.74 Å². The molecule has 0 heterocycles.